The summed E-state index contributed by atoms with van der Waals surface area (Å²) in [4.78, 5) is 41.0. The van der Waals surface area contributed by atoms with E-state index in [2.05, 4.69) is 26.8 Å². The molecule has 2 amide bonds. The zero-order chi connectivity index (χ0) is 32.8. The Hall–Kier alpha value is -5.62. The van der Waals surface area contributed by atoms with Crippen molar-refractivity contribution >= 4 is 51.7 Å². The van der Waals surface area contributed by atoms with Crippen molar-refractivity contribution in [2.24, 2.45) is 17.4 Å². The molecule has 13 heteroatoms. The van der Waals surface area contributed by atoms with E-state index >= 15 is 0 Å². The van der Waals surface area contributed by atoms with Gasteiger partial charge in [0.1, 0.15) is 6.04 Å². The number of amides is 2. The van der Waals surface area contributed by atoms with Crippen LogP contribution in [-0.2, 0) is 23.1 Å². The smallest absolute Gasteiger partial charge is 0.335 e. The second-order valence-corrected chi connectivity index (χ2v) is 11.8. The summed E-state index contributed by atoms with van der Waals surface area (Å²) in [6.45, 7) is 0.182. The van der Waals surface area contributed by atoms with Crippen LogP contribution >= 0.6 is 11.6 Å². The molecule has 5 aromatic rings. The van der Waals surface area contributed by atoms with Gasteiger partial charge in [-0.3, -0.25) is 14.3 Å². The lowest BCUT2D eigenvalue weighted by molar-refractivity contribution is -0.140. The van der Waals surface area contributed by atoms with Crippen LogP contribution in [0.25, 0.3) is 22.0 Å². The van der Waals surface area contributed by atoms with E-state index in [0.717, 1.165) is 27.6 Å². The number of aryl methyl sites for hydroxylation is 1. The van der Waals surface area contributed by atoms with E-state index in [4.69, 9.17) is 11.6 Å². The van der Waals surface area contributed by atoms with Crippen LogP contribution in [0.3, 0.4) is 0 Å². The summed E-state index contributed by atoms with van der Waals surface area (Å²) in [6.07, 6.45) is 2.27. The zero-order valence-corrected chi connectivity index (χ0v) is 25.7. The molecule has 1 aromatic heterocycles. The summed E-state index contributed by atoms with van der Waals surface area (Å²) < 4.78 is 16.6. The van der Waals surface area contributed by atoms with Crippen molar-refractivity contribution in [2.75, 3.05) is 23.4 Å². The average molecular weight is 652 g/mol. The molecule has 236 valence electrons. The van der Waals surface area contributed by atoms with Crippen molar-refractivity contribution in [3.63, 3.8) is 0 Å². The standard InChI is InChI=1S/C34H27ClFN7O4/c1-41-28-13-10-20(16-21(28)17-37-41)23-4-2-5-25-24(23)14-15-42(31(25)32(44)38-22-11-8-19(9-12-22)34(46)47)33(45)27-18-43(40-39-27)29-7-3-6-26(35)30(29)36/h2-13,16-17,27,31H,14-15,18H2,1H3,(H,38,44)(H,46,47). The molecule has 0 fully saturated rings. The third kappa shape index (κ3) is 5.46. The molecule has 11 nitrogen and oxygen atoms in total. The first kappa shape index (κ1) is 30.1. The number of anilines is 2. The number of carboxylic acid groups (broad SMARTS) is 1. The number of carbonyl (C=O) groups is 3. The number of nitrogens with zero attached hydrogens (tertiary/aromatic N) is 6. The molecule has 3 heterocycles. The van der Waals surface area contributed by atoms with Gasteiger partial charge in [-0.05, 0) is 77.2 Å². The topological polar surface area (TPSA) is 132 Å². The number of rotatable bonds is 6. The first-order chi connectivity index (χ1) is 22.7. The van der Waals surface area contributed by atoms with Crippen LogP contribution in [-0.4, -0.2) is 56.7 Å². The third-order valence-corrected chi connectivity index (χ3v) is 8.84. The number of halogens is 2. The molecule has 2 atom stereocenters. The van der Waals surface area contributed by atoms with E-state index in [1.165, 1.54) is 46.3 Å². The van der Waals surface area contributed by atoms with Crippen LogP contribution in [0.2, 0.25) is 5.02 Å². The number of fused-ring (bicyclic) bond motifs is 2. The molecular formula is C34H27ClFN7O4. The van der Waals surface area contributed by atoms with Crippen molar-refractivity contribution in [3.05, 3.63) is 113 Å². The molecule has 0 saturated carbocycles. The summed E-state index contributed by atoms with van der Waals surface area (Å²) in [6, 6.07) is 20.0. The van der Waals surface area contributed by atoms with Gasteiger partial charge in [0.25, 0.3) is 11.8 Å². The predicted molar refractivity (Wildman–Crippen MR) is 174 cm³/mol. The predicted octanol–water partition coefficient (Wildman–Crippen LogP) is 6.05. The monoisotopic (exact) mass is 651 g/mol. The lowest BCUT2D eigenvalue weighted by atomic mass is 9.85. The molecule has 0 aliphatic carbocycles. The minimum absolute atomic E-state index is 0.0321. The molecule has 47 heavy (non-hydrogen) atoms. The summed E-state index contributed by atoms with van der Waals surface area (Å²) in [5.41, 5.74) is 5.00. The van der Waals surface area contributed by atoms with Crippen molar-refractivity contribution in [1.82, 2.24) is 14.7 Å². The lowest BCUT2D eigenvalue weighted by Crippen LogP contribution is -2.49. The summed E-state index contributed by atoms with van der Waals surface area (Å²) >= 11 is 5.97. The Kier molecular flexibility index (Phi) is 7.64. The first-order valence-electron chi connectivity index (χ1n) is 14.8. The van der Waals surface area contributed by atoms with Gasteiger partial charge in [-0.15, -0.1) is 0 Å². The molecule has 4 aromatic carbocycles. The fraction of sp³-hybridized carbons (Fsp3) is 0.176. The number of nitrogens with one attached hydrogen (secondary N) is 1. The summed E-state index contributed by atoms with van der Waals surface area (Å²) in [5, 5.41) is 26.9. The van der Waals surface area contributed by atoms with E-state index in [-0.39, 0.29) is 29.4 Å². The molecular weight excluding hydrogens is 625 g/mol. The van der Waals surface area contributed by atoms with Gasteiger partial charge in [0.05, 0.1) is 34.5 Å². The fourth-order valence-corrected chi connectivity index (χ4v) is 6.39. The Labute approximate surface area is 272 Å². The Morgan fingerprint density at radius 1 is 1.02 bits per heavy atom. The maximum Gasteiger partial charge on any atom is 0.335 e. The maximum atomic E-state index is 14.8. The van der Waals surface area contributed by atoms with Gasteiger partial charge < -0.3 is 15.3 Å². The Balaban J connectivity index is 1.23. The van der Waals surface area contributed by atoms with Crippen LogP contribution in [0, 0.1) is 5.82 Å². The quantitative estimate of drug-likeness (QED) is 0.230. The highest BCUT2D eigenvalue weighted by atomic mass is 35.5. The molecule has 0 saturated heterocycles. The van der Waals surface area contributed by atoms with Gasteiger partial charge in [-0.25, -0.2) is 14.2 Å². The third-order valence-electron chi connectivity index (χ3n) is 8.55. The molecule has 2 aliphatic heterocycles. The fourth-order valence-electron chi connectivity index (χ4n) is 6.22. The maximum absolute atomic E-state index is 14.8. The molecule has 2 N–H and O–H groups in total. The van der Waals surface area contributed by atoms with Crippen LogP contribution in [0.4, 0.5) is 15.8 Å². The Morgan fingerprint density at radius 3 is 2.60 bits per heavy atom. The van der Waals surface area contributed by atoms with Gasteiger partial charge in [0.15, 0.2) is 11.9 Å². The second kappa shape index (κ2) is 12.0. The second-order valence-electron chi connectivity index (χ2n) is 11.3. The van der Waals surface area contributed by atoms with E-state index < -0.39 is 35.7 Å². The Bertz CT molecular complexity index is 2100. The van der Waals surface area contributed by atoms with Crippen LogP contribution in [0.15, 0.2) is 95.4 Å². The number of carboxylic acids is 1. The van der Waals surface area contributed by atoms with Crippen LogP contribution in [0.5, 0.6) is 0 Å². The normalized spacial score (nSPS) is 17.2. The van der Waals surface area contributed by atoms with E-state index in [1.54, 1.807) is 16.9 Å². The number of benzene rings is 4. The average Bonchev–Trinajstić information content (AvgIpc) is 3.72. The summed E-state index contributed by atoms with van der Waals surface area (Å²) in [7, 11) is 1.88. The van der Waals surface area contributed by atoms with Gasteiger partial charge in [0.2, 0.25) is 0 Å². The van der Waals surface area contributed by atoms with Gasteiger partial charge in [0, 0.05) is 24.7 Å². The molecule has 2 unspecified atom stereocenters. The van der Waals surface area contributed by atoms with Gasteiger partial charge >= 0.3 is 5.97 Å². The van der Waals surface area contributed by atoms with Gasteiger partial charge in [-0.1, -0.05) is 47.2 Å². The first-order valence-corrected chi connectivity index (χ1v) is 15.2. The largest absolute Gasteiger partial charge is 0.478 e. The number of aromatic carboxylic acids is 1. The molecule has 2 aliphatic rings. The van der Waals surface area contributed by atoms with E-state index in [1.807, 2.05) is 37.4 Å². The van der Waals surface area contributed by atoms with E-state index in [0.29, 0.717) is 17.7 Å². The number of hydrogen-bond donors (Lipinski definition) is 2. The minimum Gasteiger partial charge on any atom is -0.478 e. The van der Waals surface area contributed by atoms with Crippen LogP contribution in [0.1, 0.15) is 27.5 Å². The van der Waals surface area contributed by atoms with E-state index in [9.17, 15) is 23.9 Å². The molecule has 7 rings (SSSR count). The Morgan fingerprint density at radius 2 is 1.81 bits per heavy atom. The minimum atomic E-state index is -1.09. The molecule has 0 bridgehead atoms. The highest BCUT2D eigenvalue weighted by molar-refractivity contribution is 6.31. The molecule has 0 radical (unpaired) electrons. The zero-order valence-electron chi connectivity index (χ0n) is 25.0. The molecule has 0 spiro atoms. The number of hydrogen-bond acceptors (Lipinski definition) is 7. The number of carbonyl (C=O) groups excluding carboxylic acids is 2. The van der Waals surface area contributed by atoms with Crippen molar-refractivity contribution in [3.8, 4) is 11.1 Å². The van der Waals surface area contributed by atoms with Crippen molar-refractivity contribution in [1.29, 1.82) is 0 Å². The lowest BCUT2D eigenvalue weighted by Gasteiger charge is -2.38. The van der Waals surface area contributed by atoms with Crippen molar-refractivity contribution in [2.45, 2.75) is 18.5 Å². The summed E-state index contributed by atoms with van der Waals surface area (Å²) in [5.74, 6) is -2.67. The van der Waals surface area contributed by atoms with Crippen LogP contribution < -0.4 is 10.3 Å². The SMILES string of the molecule is Cn1ncc2cc(-c3cccc4c3CCN(C(=O)C3CN(c5cccc(Cl)c5F)N=N3)C4C(=O)Nc3ccc(C(=O)O)cc3)ccc21. The van der Waals surface area contributed by atoms with Gasteiger partial charge in [-0.2, -0.15) is 10.2 Å². The highest BCUT2D eigenvalue weighted by Gasteiger charge is 2.41. The van der Waals surface area contributed by atoms with Crippen molar-refractivity contribution < 1.29 is 23.9 Å². The highest BCUT2D eigenvalue weighted by Crippen LogP contribution is 2.39. The number of aromatic nitrogens is 2.